The molecule has 0 saturated heterocycles. The van der Waals surface area contributed by atoms with Crippen LogP contribution in [0.4, 0.5) is 5.69 Å². The maximum atomic E-state index is 10.9. The largest absolute Gasteiger partial charge is 0.478 e. The number of hydrogen-bond donors (Lipinski definition) is 1. The van der Waals surface area contributed by atoms with E-state index in [0.29, 0.717) is 12.3 Å². The van der Waals surface area contributed by atoms with Gasteiger partial charge in [0.25, 0.3) is 0 Å². The third-order valence-corrected chi connectivity index (χ3v) is 2.18. The molecule has 92 valence electrons. The van der Waals surface area contributed by atoms with E-state index in [9.17, 15) is 4.79 Å². The van der Waals surface area contributed by atoms with Gasteiger partial charge in [0.15, 0.2) is 0 Å². The van der Waals surface area contributed by atoms with Crippen molar-refractivity contribution in [3.63, 3.8) is 0 Å². The van der Waals surface area contributed by atoms with Gasteiger partial charge in [0, 0.05) is 5.28 Å². The Labute approximate surface area is 100 Å². The van der Waals surface area contributed by atoms with Crippen LogP contribution in [0.1, 0.15) is 36.5 Å². The summed E-state index contributed by atoms with van der Waals surface area (Å²) in [5, 5.41) is 16.2. The first-order valence-electron chi connectivity index (χ1n) is 5.61. The number of hydrogen-bond acceptors (Lipinski definition) is 4. The smallest absolute Gasteiger partial charge is 0.337 e. The maximum Gasteiger partial charge on any atom is 0.337 e. The minimum atomic E-state index is -1.02. The van der Waals surface area contributed by atoms with Crippen molar-refractivity contribution in [3.05, 3.63) is 29.8 Å². The van der Waals surface area contributed by atoms with E-state index in [1.165, 1.54) is 6.07 Å². The van der Waals surface area contributed by atoms with Gasteiger partial charge in [-0.05, 0) is 18.6 Å². The van der Waals surface area contributed by atoms with Gasteiger partial charge in [-0.2, -0.15) is 0 Å². The lowest BCUT2D eigenvalue weighted by atomic mass is 10.2. The normalized spacial score (nSPS) is 10.6. The topological polar surface area (TPSA) is 71.2 Å². The van der Waals surface area contributed by atoms with E-state index in [2.05, 4.69) is 17.3 Å². The van der Waals surface area contributed by atoms with Crippen LogP contribution in [0, 0.1) is 0 Å². The molecule has 1 rings (SSSR count). The van der Waals surface area contributed by atoms with E-state index < -0.39 is 5.97 Å². The Morgan fingerprint density at radius 3 is 2.82 bits per heavy atom. The highest BCUT2D eigenvalue weighted by Crippen LogP contribution is 2.18. The Morgan fingerprint density at radius 2 is 2.12 bits per heavy atom. The third-order valence-electron chi connectivity index (χ3n) is 2.18. The molecular weight excluding hydrogens is 220 g/mol. The first-order chi connectivity index (χ1) is 8.25. The van der Waals surface area contributed by atoms with Gasteiger partial charge in [0.05, 0.1) is 5.56 Å². The van der Waals surface area contributed by atoms with Gasteiger partial charge in [-0.15, -0.1) is 5.11 Å². The molecule has 0 aliphatic heterocycles. The number of carboxylic acid groups (broad SMARTS) is 1. The van der Waals surface area contributed by atoms with Crippen molar-refractivity contribution in [1.29, 1.82) is 0 Å². The van der Waals surface area contributed by atoms with Gasteiger partial charge >= 0.3 is 5.97 Å². The fraction of sp³-hybridized carbons (Fsp3) is 0.417. The first-order valence-corrected chi connectivity index (χ1v) is 5.61. The van der Waals surface area contributed by atoms with Crippen molar-refractivity contribution in [3.8, 4) is 0 Å². The van der Waals surface area contributed by atoms with Gasteiger partial charge in [-0.25, -0.2) is 4.79 Å². The number of rotatable bonds is 7. The van der Waals surface area contributed by atoms with Crippen LogP contribution in [0.2, 0.25) is 0 Å². The maximum absolute atomic E-state index is 10.9. The lowest BCUT2D eigenvalue weighted by molar-refractivity contribution is 0.0697. The van der Waals surface area contributed by atoms with Crippen LogP contribution >= 0.6 is 0 Å². The number of aromatic carboxylic acids is 1. The van der Waals surface area contributed by atoms with Gasteiger partial charge < -0.3 is 9.94 Å². The zero-order chi connectivity index (χ0) is 12.5. The molecule has 0 amide bonds. The Morgan fingerprint density at radius 1 is 1.35 bits per heavy atom. The average molecular weight is 236 g/mol. The molecule has 1 aromatic carbocycles. The van der Waals surface area contributed by atoms with Crippen LogP contribution in [0.3, 0.4) is 0 Å². The Bertz CT molecular complexity index is 391. The van der Waals surface area contributed by atoms with Gasteiger partial charge in [-0.3, -0.25) is 0 Å². The van der Waals surface area contributed by atoms with Crippen LogP contribution in [0.25, 0.3) is 0 Å². The van der Waals surface area contributed by atoms with Gasteiger partial charge in [0.1, 0.15) is 12.3 Å². The second-order valence-corrected chi connectivity index (χ2v) is 3.54. The fourth-order valence-corrected chi connectivity index (χ4v) is 1.27. The predicted octanol–water partition coefficient (Wildman–Crippen LogP) is 3.59. The molecule has 0 unspecified atom stereocenters. The minimum absolute atomic E-state index is 0.119. The van der Waals surface area contributed by atoms with Crippen LogP contribution in [-0.2, 0) is 4.84 Å². The van der Waals surface area contributed by atoms with E-state index >= 15 is 0 Å². The van der Waals surface area contributed by atoms with Crippen molar-refractivity contribution in [2.24, 2.45) is 10.4 Å². The predicted molar refractivity (Wildman–Crippen MR) is 63.4 cm³/mol. The van der Waals surface area contributed by atoms with E-state index in [0.717, 1.165) is 19.3 Å². The molecule has 17 heavy (non-hydrogen) atoms. The molecule has 0 radical (unpaired) electrons. The summed E-state index contributed by atoms with van der Waals surface area (Å²) in [5.74, 6) is -1.02. The summed E-state index contributed by atoms with van der Waals surface area (Å²) in [6, 6.07) is 6.42. The van der Waals surface area contributed by atoms with Crippen LogP contribution in [-0.4, -0.2) is 17.7 Å². The molecule has 0 saturated carbocycles. The molecule has 5 heteroatoms. The Kier molecular flexibility index (Phi) is 5.71. The molecule has 0 aliphatic carbocycles. The van der Waals surface area contributed by atoms with Crippen LogP contribution in [0.15, 0.2) is 34.7 Å². The molecule has 0 spiro atoms. The standard InChI is InChI=1S/C12H16N2O3/c1-2-3-6-9-17-14-13-11-8-5-4-7-10(11)12(15)16/h4-5,7-8H,2-3,6,9H2,1H3,(H,15,16). The summed E-state index contributed by atoms with van der Waals surface area (Å²) >= 11 is 0. The van der Waals surface area contributed by atoms with Crippen molar-refractivity contribution in [2.45, 2.75) is 26.2 Å². The van der Waals surface area contributed by atoms with Crippen LogP contribution in [0.5, 0.6) is 0 Å². The zero-order valence-electron chi connectivity index (χ0n) is 9.80. The molecule has 1 aromatic rings. The number of nitrogens with zero attached hydrogens (tertiary/aromatic N) is 2. The Balaban J connectivity index is 2.50. The highest BCUT2D eigenvalue weighted by Gasteiger charge is 2.07. The number of carbonyl (C=O) groups is 1. The summed E-state index contributed by atoms with van der Waals surface area (Å²) in [4.78, 5) is 15.8. The monoisotopic (exact) mass is 236 g/mol. The molecule has 1 N–H and O–H groups in total. The number of unbranched alkanes of at least 4 members (excludes halogenated alkanes) is 2. The molecule has 0 aromatic heterocycles. The molecule has 0 atom stereocenters. The summed E-state index contributed by atoms with van der Waals surface area (Å²) in [6.45, 7) is 2.61. The van der Waals surface area contributed by atoms with E-state index in [1.54, 1.807) is 18.2 Å². The fourth-order valence-electron chi connectivity index (χ4n) is 1.27. The van der Waals surface area contributed by atoms with E-state index in [-0.39, 0.29) is 5.56 Å². The summed E-state index contributed by atoms with van der Waals surface area (Å²) in [6.07, 6.45) is 3.12. The first kappa shape index (κ1) is 13.2. The molecular formula is C12H16N2O3. The molecule has 0 aliphatic rings. The van der Waals surface area contributed by atoms with Crippen molar-refractivity contribution >= 4 is 11.7 Å². The van der Waals surface area contributed by atoms with Gasteiger partial charge in [-0.1, -0.05) is 31.9 Å². The number of carboxylic acids is 1. The van der Waals surface area contributed by atoms with Crippen molar-refractivity contribution in [1.82, 2.24) is 0 Å². The van der Waals surface area contributed by atoms with Gasteiger partial charge in [0.2, 0.25) is 0 Å². The average Bonchev–Trinajstić information content (AvgIpc) is 2.34. The highest BCUT2D eigenvalue weighted by atomic mass is 16.6. The zero-order valence-corrected chi connectivity index (χ0v) is 9.80. The number of benzene rings is 1. The second-order valence-electron chi connectivity index (χ2n) is 3.54. The quantitative estimate of drug-likeness (QED) is 0.446. The summed E-state index contributed by atoms with van der Waals surface area (Å²) in [5.41, 5.74) is 0.420. The summed E-state index contributed by atoms with van der Waals surface area (Å²) in [7, 11) is 0. The lowest BCUT2D eigenvalue weighted by Gasteiger charge is -1.99. The van der Waals surface area contributed by atoms with Crippen molar-refractivity contribution in [2.75, 3.05) is 6.61 Å². The van der Waals surface area contributed by atoms with E-state index in [4.69, 9.17) is 9.94 Å². The summed E-state index contributed by atoms with van der Waals surface area (Å²) < 4.78 is 0. The second kappa shape index (κ2) is 7.38. The SMILES string of the molecule is CCCCCON=Nc1ccccc1C(=O)O. The lowest BCUT2D eigenvalue weighted by Crippen LogP contribution is -1.95. The van der Waals surface area contributed by atoms with Crippen molar-refractivity contribution < 1.29 is 14.7 Å². The highest BCUT2D eigenvalue weighted by molar-refractivity contribution is 5.93. The van der Waals surface area contributed by atoms with Crippen LogP contribution < -0.4 is 0 Å². The molecule has 0 heterocycles. The van der Waals surface area contributed by atoms with E-state index in [1.807, 2.05) is 0 Å². The molecule has 5 nitrogen and oxygen atoms in total. The Hall–Kier alpha value is -1.91. The molecule has 0 bridgehead atoms. The molecule has 0 fully saturated rings. The minimum Gasteiger partial charge on any atom is -0.478 e. The third kappa shape index (κ3) is 4.63.